The third-order valence-corrected chi connectivity index (χ3v) is 5.04. The highest BCUT2D eigenvalue weighted by molar-refractivity contribution is 7.11. The van der Waals surface area contributed by atoms with Gasteiger partial charge in [0.25, 0.3) is 0 Å². The summed E-state index contributed by atoms with van der Waals surface area (Å²) in [5.74, 6) is 0. The van der Waals surface area contributed by atoms with Crippen LogP contribution in [0.2, 0.25) is 0 Å². The van der Waals surface area contributed by atoms with Crippen molar-refractivity contribution >= 4 is 11.3 Å². The summed E-state index contributed by atoms with van der Waals surface area (Å²) in [4.78, 5) is 6.41. The molecule has 2 nitrogen and oxygen atoms in total. The zero-order valence-electron chi connectivity index (χ0n) is 10.2. The summed E-state index contributed by atoms with van der Waals surface area (Å²) in [6.07, 6.45) is 6.29. The Morgan fingerprint density at radius 1 is 1.44 bits per heavy atom. The number of hydrogen-bond donors (Lipinski definition) is 1. The van der Waals surface area contributed by atoms with Gasteiger partial charge in [0.2, 0.25) is 0 Å². The first-order valence-corrected chi connectivity index (χ1v) is 7.18. The van der Waals surface area contributed by atoms with Crippen LogP contribution in [0.4, 0.5) is 0 Å². The molecule has 1 N–H and O–H groups in total. The maximum absolute atomic E-state index is 4.85. The molecule has 0 radical (unpaired) electrons. The Bertz CT molecular complexity index is 389. The molecule has 1 saturated heterocycles. The third-order valence-electron chi connectivity index (χ3n) is 3.83. The smallest absolute Gasteiger partial charge is 0.110 e. The standard InChI is InChI=1S/C13H20N2S/c1-13(2)6-5-9-11(8-13)16-12(15-9)10-4-3-7-14-10/h10,14H,3-8H2,1-2H3. The largest absolute Gasteiger partial charge is 0.308 e. The van der Waals surface area contributed by atoms with Crippen LogP contribution >= 0.6 is 11.3 Å². The molecule has 3 heteroatoms. The Labute approximate surface area is 101 Å². The maximum Gasteiger partial charge on any atom is 0.110 e. The summed E-state index contributed by atoms with van der Waals surface area (Å²) in [7, 11) is 0. The average molecular weight is 236 g/mol. The number of nitrogens with one attached hydrogen (secondary N) is 1. The molecule has 1 aliphatic heterocycles. The van der Waals surface area contributed by atoms with Crippen LogP contribution in [0.3, 0.4) is 0 Å². The minimum Gasteiger partial charge on any atom is -0.308 e. The van der Waals surface area contributed by atoms with Crippen molar-refractivity contribution in [2.75, 3.05) is 6.54 Å². The van der Waals surface area contributed by atoms with Gasteiger partial charge in [0.1, 0.15) is 5.01 Å². The number of nitrogens with zero attached hydrogens (tertiary/aromatic N) is 1. The Balaban J connectivity index is 1.86. The second kappa shape index (κ2) is 3.81. The second-order valence-electron chi connectivity index (χ2n) is 5.91. The first-order chi connectivity index (χ1) is 7.64. The van der Waals surface area contributed by atoms with E-state index in [1.54, 1.807) is 4.88 Å². The molecule has 1 atom stereocenters. The zero-order valence-corrected chi connectivity index (χ0v) is 11.0. The normalized spacial score (nSPS) is 28.0. The predicted molar refractivity (Wildman–Crippen MR) is 67.9 cm³/mol. The highest BCUT2D eigenvalue weighted by Gasteiger charge is 2.30. The van der Waals surface area contributed by atoms with E-state index < -0.39 is 0 Å². The zero-order chi connectivity index (χ0) is 11.2. The Morgan fingerprint density at radius 3 is 3.06 bits per heavy atom. The molecule has 0 saturated carbocycles. The summed E-state index contributed by atoms with van der Waals surface area (Å²) < 4.78 is 0. The van der Waals surface area contributed by atoms with E-state index in [2.05, 4.69) is 19.2 Å². The van der Waals surface area contributed by atoms with Gasteiger partial charge < -0.3 is 5.32 Å². The Kier molecular flexibility index (Phi) is 2.55. The molecule has 1 unspecified atom stereocenters. The van der Waals surface area contributed by atoms with E-state index in [0.717, 1.165) is 0 Å². The van der Waals surface area contributed by atoms with Gasteiger partial charge in [-0.25, -0.2) is 4.98 Å². The van der Waals surface area contributed by atoms with Crippen molar-refractivity contribution in [3.05, 3.63) is 15.6 Å². The third kappa shape index (κ3) is 1.91. The van der Waals surface area contributed by atoms with Crippen molar-refractivity contribution in [2.24, 2.45) is 5.41 Å². The van der Waals surface area contributed by atoms with Crippen LogP contribution in [0.1, 0.15) is 54.7 Å². The van der Waals surface area contributed by atoms with Gasteiger partial charge in [-0.15, -0.1) is 11.3 Å². The highest BCUT2D eigenvalue weighted by atomic mass is 32.1. The Hall–Kier alpha value is -0.410. The van der Waals surface area contributed by atoms with Crippen LogP contribution in [0.25, 0.3) is 0 Å². The van der Waals surface area contributed by atoms with Gasteiger partial charge >= 0.3 is 0 Å². The van der Waals surface area contributed by atoms with Gasteiger partial charge in [0, 0.05) is 4.88 Å². The summed E-state index contributed by atoms with van der Waals surface area (Å²) in [6, 6.07) is 0.554. The fraction of sp³-hybridized carbons (Fsp3) is 0.769. The lowest BCUT2D eigenvalue weighted by molar-refractivity contribution is 0.316. The summed E-state index contributed by atoms with van der Waals surface area (Å²) in [5.41, 5.74) is 1.88. The van der Waals surface area contributed by atoms with Crippen LogP contribution in [0.5, 0.6) is 0 Å². The molecule has 0 amide bonds. The number of rotatable bonds is 1. The molecule has 2 heterocycles. The molecule has 3 rings (SSSR count). The topological polar surface area (TPSA) is 24.9 Å². The monoisotopic (exact) mass is 236 g/mol. The number of hydrogen-bond acceptors (Lipinski definition) is 3. The maximum atomic E-state index is 4.85. The predicted octanol–water partition coefficient (Wildman–Crippen LogP) is 3.08. The molecular weight excluding hydrogens is 216 g/mol. The van der Waals surface area contributed by atoms with Gasteiger partial charge in [-0.2, -0.15) is 0 Å². The van der Waals surface area contributed by atoms with Crippen molar-refractivity contribution < 1.29 is 0 Å². The van der Waals surface area contributed by atoms with Gasteiger partial charge in [-0.1, -0.05) is 13.8 Å². The number of fused-ring (bicyclic) bond motifs is 1. The lowest BCUT2D eigenvalue weighted by atomic mass is 9.79. The average Bonchev–Trinajstić information content (AvgIpc) is 2.81. The van der Waals surface area contributed by atoms with Crippen LogP contribution in [-0.2, 0) is 12.8 Å². The second-order valence-corrected chi connectivity index (χ2v) is 7.03. The molecule has 0 bridgehead atoms. The van der Waals surface area contributed by atoms with E-state index in [1.165, 1.54) is 49.4 Å². The lowest BCUT2D eigenvalue weighted by Gasteiger charge is -2.28. The fourth-order valence-electron chi connectivity index (χ4n) is 2.76. The van der Waals surface area contributed by atoms with Gasteiger partial charge in [-0.3, -0.25) is 0 Å². The van der Waals surface area contributed by atoms with Crippen molar-refractivity contribution in [3.8, 4) is 0 Å². The SMILES string of the molecule is CC1(C)CCc2nc(C3CCCN3)sc2C1. The highest BCUT2D eigenvalue weighted by Crippen LogP contribution is 2.39. The van der Waals surface area contributed by atoms with Crippen molar-refractivity contribution in [3.63, 3.8) is 0 Å². The van der Waals surface area contributed by atoms with Gasteiger partial charge in [0.15, 0.2) is 0 Å². The summed E-state index contributed by atoms with van der Waals surface area (Å²) >= 11 is 1.96. The minimum atomic E-state index is 0.486. The first-order valence-electron chi connectivity index (χ1n) is 6.36. The van der Waals surface area contributed by atoms with E-state index >= 15 is 0 Å². The van der Waals surface area contributed by atoms with Crippen molar-refractivity contribution in [2.45, 2.75) is 52.0 Å². The molecule has 1 aliphatic carbocycles. The minimum absolute atomic E-state index is 0.486. The van der Waals surface area contributed by atoms with Crippen molar-refractivity contribution in [1.82, 2.24) is 10.3 Å². The van der Waals surface area contributed by atoms with Crippen LogP contribution in [-0.4, -0.2) is 11.5 Å². The molecule has 0 aromatic carbocycles. The first kappa shape index (κ1) is 10.7. The number of aromatic nitrogens is 1. The molecule has 2 aliphatic rings. The van der Waals surface area contributed by atoms with E-state index in [1.807, 2.05) is 11.3 Å². The van der Waals surface area contributed by atoms with Gasteiger partial charge in [0.05, 0.1) is 11.7 Å². The lowest BCUT2D eigenvalue weighted by Crippen LogP contribution is -2.20. The van der Waals surface area contributed by atoms with Crippen LogP contribution < -0.4 is 5.32 Å². The van der Waals surface area contributed by atoms with Crippen LogP contribution in [0.15, 0.2) is 0 Å². The molecule has 1 aromatic rings. The summed E-state index contributed by atoms with van der Waals surface area (Å²) in [5, 5.41) is 4.90. The van der Waals surface area contributed by atoms with Gasteiger partial charge in [-0.05, 0) is 44.1 Å². The molecule has 0 spiro atoms. The molecular formula is C13H20N2S. The number of aryl methyl sites for hydroxylation is 1. The van der Waals surface area contributed by atoms with E-state index in [0.29, 0.717) is 11.5 Å². The van der Waals surface area contributed by atoms with Crippen LogP contribution in [0, 0.1) is 5.41 Å². The Morgan fingerprint density at radius 2 is 2.31 bits per heavy atom. The van der Waals surface area contributed by atoms with E-state index in [9.17, 15) is 0 Å². The summed E-state index contributed by atoms with van der Waals surface area (Å²) in [6.45, 7) is 5.92. The molecule has 1 fully saturated rings. The molecule has 88 valence electrons. The quantitative estimate of drug-likeness (QED) is 0.810. The molecule has 16 heavy (non-hydrogen) atoms. The van der Waals surface area contributed by atoms with E-state index in [4.69, 9.17) is 4.98 Å². The number of thiazole rings is 1. The fourth-order valence-corrected chi connectivity index (χ4v) is 4.24. The van der Waals surface area contributed by atoms with E-state index in [-0.39, 0.29) is 0 Å². The molecule has 1 aromatic heterocycles. The van der Waals surface area contributed by atoms with Crippen molar-refractivity contribution in [1.29, 1.82) is 0 Å².